The SMILES string of the molecule is [C-]#[N+]c1ccc(-c2cccc(-n3c4ccccc4c4ccccc43)c2-n2c3ccccc3c3ccccc32)c(C#N)c1. The van der Waals surface area contributed by atoms with E-state index in [4.69, 9.17) is 6.57 Å². The van der Waals surface area contributed by atoms with Crippen LogP contribution in [0.25, 0.3) is 71.0 Å². The fourth-order valence-electron chi connectivity index (χ4n) is 6.44. The van der Waals surface area contributed by atoms with Crippen LogP contribution in [0, 0.1) is 17.9 Å². The van der Waals surface area contributed by atoms with Crippen LogP contribution in [0.3, 0.4) is 0 Å². The van der Waals surface area contributed by atoms with Crippen molar-refractivity contribution in [2.24, 2.45) is 0 Å². The van der Waals surface area contributed by atoms with E-state index in [2.05, 4.69) is 135 Å². The Morgan fingerprint density at radius 1 is 0.524 bits per heavy atom. The summed E-state index contributed by atoms with van der Waals surface area (Å²) >= 11 is 0. The van der Waals surface area contributed by atoms with Crippen molar-refractivity contribution >= 4 is 49.3 Å². The minimum absolute atomic E-state index is 0.451. The van der Waals surface area contributed by atoms with Crippen LogP contribution in [0.2, 0.25) is 0 Å². The van der Waals surface area contributed by atoms with Crippen molar-refractivity contribution in [2.45, 2.75) is 0 Å². The van der Waals surface area contributed by atoms with Gasteiger partial charge in [-0.1, -0.05) is 97.1 Å². The van der Waals surface area contributed by atoms with E-state index >= 15 is 0 Å². The van der Waals surface area contributed by atoms with Crippen LogP contribution in [0.15, 0.2) is 133 Å². The molecule has 4 heteroatoms. The van der Waals surface area contributed by atoms with E-state index in [0.717, 1.165) is 44.6 Å². The van der Waals surface area contributed by atoms with E-state index in [0.29, 0.717) is 11.3 Å². The van der Waals surface area contributed by atoms with Crippen molar-refractivity contribution in [2.75, 3.05) is 0 Å². The fraction of sp³-hybridized carbons (Fsp3) is 0. The maximum absolute atomic E-state index is 10.2. The van der Waals surface area contributed by atoms with Gasteiger partial charge < -0.3 is 9.13 Å². The number of hydrogen-bond donors (Lipinski definition) is 0. The number of para-hydroxylation sites is 5. The summed E-state index contributed by atoms with van der Waals surface area (Å²) in [6, 6.07) is 48.1. The zero-order chi connectivity index (χ0) is 28.2. The molecule has 0 atom stereocenters. The molecule has 0 saturated heterocycles. The van der Waals surface area contributed by atoms with Crippen molar-refractivity contribution in [1.29, 1.82) is 5.26 Å². The molecule has 0 unspecified atom stereocenters. The van der Waals surface area contributed by atoms with Crippen molar-refractivity contribution in [3.63, 3.8) is 0 Å². The van der Waals surface area contributed by atoms with Crippen molar-refractivity contribution in [3.05, 3.63) is 150 Å². The molecular weight excluding hydrogens is 512 g/mol. The molecule has 0 N–H and O–H groups in total. The molecule has 6 aromatic carbocycles. The summed E-state index contributed by atoms with van der Waals surface area (Å²) in [6.07, 6.45) is 0. The monoisotopic (exact) mass is 534 g/mol. The molecule has 8 aromatic rings. The van der Waals surface area contributed by atoms with Crippen LogP contribution in [-0.2, 0) is 0 Å². The molecule has 0 bridgehead atoms. The predicted molar refractivity (Wildman–Crippen MR) is 172 cm³/mol. The van der Waals surface area contributed by atoms with Gasteiger partial charge in [0.05, 0.1) is 46.1 Å². The first-order valence-electron chi connectivity index (χ1n) is 13.8. The van der Waals surface area contributed by atoms with Crippen molar-refractivity contribution in [1.82, 2.24) is 9.13 Å². The average Bonchev–Trinajstić information content (AvgIpc) is 3.57. The summed E-state index contributed by atoms with van der Waals surface area (Å²) in [7, 11) is 0. The summed E-state index contributed by atoms with van der Waals surface area (Å²) in [6.45, 7) is 7.52. The first-order chi connectivity index (χ1) is 20.8. The summed E-state index contributed by atoms with van der Waals surface area (Å²) < 4.78 is 4.68. The average molecular weight is 535 g/mol. The number of nitrogens with zero attached hydrogens (tertiary/aromatic N) is 4. The molecule has 2 aromatic heterocycles. The third-order valence-electron chi connectivity index (χ3n) is 8.18. The van der Waals surface area contributed by atoms with E-state index in [1.807, 2.05) is 6.07 Å². The normalized spacial score (nSPS) is 11.3. The Hall–Kier alpha value is -6.10. The molecular formula is C38H22N4. The quantitative estimate of drug-likeness (QED) is 0.208. The topological polar surface area (TPSA) is 38.0 Å². The van der Waals surface area contributed by atoms with Gasteiger partial charge in [-0.25, -0.2) is 4.85 Å². The standard InChI is InChI=1S/C38H22N4/c1-40-26-21-22-27(25(23-26)24-39)32-15-10-20-37(41-33-16-6-2-11-28(33)29-12-3-7-17-34(29)41)38(32)42-35-18-8-4-13-30(35)31-14-5-9-19-36(31)42/h2-23H. The van der Waals surface area contributed by atoms with Crippen LogP contribution in [0.5, 0.6) is 0 Å². The molecule has 8 rings (SSSR count). The van der Waals surface area contributed by atoms with Gasteiger partial charge in [0, 0.05) is 32.7 Å². The second kappa shape index (κ2) is 9.24. The Balaban J connectivity index is 1.60. The number of benzene rings is 6. The summed E-state index contributed by atoms with van der Waals surface area (Å²) in [5, 5.41) is 14.9. The van der Waals surface area contributed by atoms with Gasteiger partial charge in [0.15, 0.2) is 5.69 Å². The van der Waals surface area contributed by atoms with Crippen molar-refractivity contribution < 1.29 is 0 Å². The zero-order valence-corrected chi connectivity index (χ0v) is 22.5. The molecule has 0 amide bonds. The molecule has 0 aliphatic rings. The first kappa shape index (κ1) is 23.8. The van der Waals surface area contributed by atoms with Gasteiger partial charge in [-0.15, -0.1) is 0 Å². The van der Waals surface area contributed by atoms with Gasteiger partial charge >= 0.3 is 0 Å². The Morgan fingerprint density at radius 2 is 1.02 bits per heavy atom. The largest absolute Gasteiger partial charge is 0.307 e. The minimum atomic E-state index is 0.451. The third-order valence-corrected chi connectivity index (χ3v) is 8.18. The molecule has 0 saturated carbocycles. The van der Waals surface area contributed by atoms with Crippen molar-refractivity contribution in [3.8, 4) is 28.6 Å². The number of aromatic nitrogens is 2. The second-order valence-corrected chi connectivity index (χ2v) is 10.4. The highest BCUT2D eigenvalue weighted by Gasteiger charge is 2.23. The highest BCUT2D eigenvalue weighted by Crippen LogP contribution is 2.42. The lowest BCUT2D eigenvalue weighted by Gasteiger charge is -2.21. The Morgan fingerprint density at radius 3 is 1.52 bits per heavy atom. The summed E-state index contributed by atoms with van der Waals surface area (Å²) in [5.74, 6) is 0. The van der Waals surface area contributed by atoms with Gasteiger partial charge in [0.2, 0.25) is 0 Å². The predicted octanol–water partition coefficient (Wildman–Crippen LogP) is 9.97. The maximum Gasteiger partial charge on any atom is 0.188 e. The Bertz CT molecular complexity index is 2340. The fourth-order valence-corrected chi connectivity index (χ4v) is 6.44. The zero-order valence-electron chi connectivity index (χ0n) is 22.5. The van der Waals surface area contributed by atoms with Gasteiger partial charge in [-0.3, -0.25) is 0 Å². The van der Waals surface area contributed by atoms with Crippen LogP contribution in [0.4, 0.5) is 5.69 Å². The van der Waals surface area contributed by atoms with Gasteiger partial charge in [0.25, 0.3) is 0 Å². The van der Waals surface area contributed by atoms with Gasteiger partial charge in [-0.05, 0) is 42.0 Å². The maximum atomic E-state index is 10.2. The number of rotatable bonds is 3. The highest BCUT2D eigenvalue weighted by molar-refractivity contribution is 6.12. The molecule has 0 radical (unpaired) electrons. The third kappa shape index (κ3) is 3.33. The van der Waals surface area contributed by atoms with E-state index in [-0.39, 0.29) is 0 Å². The molecule has 0 aliphatic heterocycles. The highest BCUT2D eigenvalue weighted by atomic mass is 15.1. The Labute approximate surface area is 242 Å². The number of fused-ring (bicyclic) bond motifs is 6. The minimum Gasteiger partial charge on any atom is -0.307 e. The van der Waals surface area contributed by atoms with Crippen LogP contribution in [0.1, 0.15) is 5.56 Å². The lowest BCUT2D eigenvalue weighted by Crippen LogP contribution is -2.06. The smallest absolute Gasteiger partial charge is 0.188 e. The van der Waals surface area contributed by atoms with E-state index in [9.17, 15) is 5.26 Å². The summed E-state index contributed by atoms with van der Waals surface area (Å²) in [5.41, 5.74) is 9.04. The lowest BCUT2D eigenvalue weighted by atomic mass is 9.96. The van der Waals surface area contributed by atoms with Gasteiger partial charge in [0.1, 0.15) is 0 Å². The molecule has 0 spiro atoms. The van der Waals surface area contributed by atoms with Crippen LogP contribution >= 0.6 is 0 Å². The summed E-state index contributed by atoms with van der Waals surface area (Å²) in [4.78, 5) is 3.58. The van der Waals surface area contributed by atoms with Gasteiger partial charge in [-0.2, -0.15) is 5.26 Å². The number of nitriles is 1. The molecule has 194 valence electrons. The van der Waals surface area contributed by atoms with Crippen LogP contribution < -0.4 is 0 Å². The van der Waals surface area contributed by atoms with Crippen LogP contribution in [-0.4, -0.2) is 9.13 Å². The molecule has 42 heavy (non-hydrogen) atoms. The first-order valence-corrected chi connectivity index (χ1v) is 13.8. The molecule has 0 fully saturated rings. The molecule has 4 nitrogen and oxygen atoms in total. The molecule has 2 heterocycles. The Kier molecular flexibility index (Phi) is 5.22. The van der Waals surface area contributed by atoms with E-state index < -0.39 is 0 Å². The van der Waals surface area contributed by atoms with E-state index in [1.54, 1.807) is 12.1 Å². The lowest BCUT2D eigenvalue weighted by molar-refractivity contribution is 1.10. The van der Waals surface area contributed by atoms with E-state index in [1.165, 1.54) is 21.5 Å². The second-order valence-electron chi connectivity index (χ2n) is 10.4. The number of hydrogen-bond acceptors (Lipinski definition) is 1. The molecule has 0 aliphatic carbocycles.